The third kappa shape index (κ3) is 4.48. The van der Waals surface area contributed by atoms with Gasteiger partial charge >= 0.3 is 0 Å². The zero-order chi connectivity index (χ0) is 24.6. The van der Waals surface area contributed by atoms with Crippen LogP contribution in [-0.2, 0) is 0 Å². The Kier molecular flexibility index (Phi) is 6.39. The summed E-state index contributed by atoms with van der Waals surface area (Å²) in [6.07, 6.45) is 12.4. The molecule has 1 aliphatic heterocycles. The molecule has 0 bridgehead atoms. The molecule has 0 atom stereocenters. The summed E-state index contributed by atoms with van der Waals surface area (Å²) >= 11 is 1.60. The molecule has 1 aliphatic carbocycles. The van der Waals surface area contributed by atoms with Crippen LogP contribution < -0.4 is 5.32 Å². The van der Waals surface area contributed by atoms with Crippen molar-refractivity contribution < 1.29 is 4.39 Å². The Labute approximate surface area is 215 Å². The smallest absolute Gasteiger partial charge is 0.229 e. The quantitative estimate of drug-likeness (QED) is 0.323. The van der Waals surface area contributed by atoms with Gasteiger partial charge in [-0.1, -0.05) is 18.9 Å². The number of aryl methyl sites for hydroxylation is 1. The minimum absolute atomic E-state index is 0.313. The molecule has 5 heterocycles. The minimum atomic E-state index is -0.428. The highest BCUT2D eigenvalue weighted by atomic mass is 32.1. The molecular formula is C28H31FN6S. The van der Waals surface area contributed by atoms with Crippen LogP contribution in [0.2, 0.25) is 0 Å². The predicted octanol–water partition coefficient (Wildman–Crippen LogP) is 6.81. The van der Waals surface area contributed by atoms with Gasteiger partial charge in [0.1, 0.15) is 11.5 Å². The van der Waals surface area contributed by atoms with Gasteiger partial charge in [0, 0.05) is 12.4 Å². The molecule has 4 aromatic heterocycles. The van der Waals surface area contributed by atoms with Crippen LogP contribution in [0, 0.1) is 12.7 Å². The summed E-state index contributed by atoms with van der Waals surface area (Å²) in [5.41, 5.74) is 4.85. The largest absolute Gasteiger partial charge is 0.309 e. The second-order valence-corrected chi connectivity index (χ2v) is 11.2. The zero-order valence-electron chi connectivity index (χ0n) is 20.8. The summed E-state index contributed by atoms with van der Waals surface area (Å²) in [5.74, 6) is 1.69. The van der Waals surface area contributed by atoms with Gasteiger partial charge < -0.3 is 10.2 Å². The first-order valence-corrected chi connectivity index (χ1v) is 13.7. The van der Waals surface area contributed by atoms with Crippen LogP contribution in [-0.4, -0.2) is 45.0 Å². The van der Waals surface area contributed by atoms with E-state index in [1.165, 1.54) is 43.0 Å². The fraction of sp³-hybridized carbons (Fsp3) is 0.429. The Morgan fingerprint density at radius 1 is 0.972 bits per heavy atom. The van der Waals surface area contributed by atoms with Crippen LogP contribution in [0.5, 0.6) is 0 Å². The Hall–Kier alpha value is -2.97. The topological polar surface area (TPSA) is 66.8 Å². The highest BCUT2D eigenvalue weighted by molar-refractivity contribution is 7.22. The molecule has 2 fully saturated rings. The third-order valence-corrected chi connectivity index (χ3v) is 9.14. The van der Waals surface area contributed by atoms with Crippen LogP contribution in [0.4, 0.5) is 16.2 Å². The number of thiophene rings is 1. The maximum Gasteiger partial charge on any atom is 0.229 e. The number of rotatable bonds is 5. The fourth-order valence-electron chi connectivity index (χ4n) is 5.67. The lowest BCUT2D eigenvalue weighted by Crippen LogP contribution is -2.29. The standard InChI is InChI=1S/C28H31FN6S/c1-17-24-27(21(9-12-30-24)19-5-3-4-6-19)36-26(17)25-22(29)16-32-28(34-25)33-23-8-7-20(15-31-23)18-10-13-35(2)14-11-18/h7-9,12,15-16,18-19H,3-6,10-11,13-14H2,1-2H3,(H,31,32,33,34). The summed E-state index contributed by atoms with van der Waals surface area (Å²) in [7, 11) is 2.17. The SMILES string of the molecule is Cc1c(-c2nc(Nc3ccc(C4CCN(C)CC4)cn3)ncc2F)sc2c(C3CCCC3)ccnc12. The number of hydrogen-bond acceptors (Lipinski definition) is 7. The Morgan fingerprint density at radius 2 is 1.78 bits per heavy atom. The number of fused-ring (bicyclic) bond motifs is 1. The first kappa shape index (κ1) is 23.4. The maximum atomic E-state index is 15.0. The molecule has 6 rings (SSSR count). The molecule has 6 nitrogen and oxygen atoms in total. The van der Waals surface area contributed by atoms with Crippen molar-refractivity contribution in [2.45, 2.75) is 57.3 Å². The lowest BCUT2D eigenvalue weighted by molar-refractivity contribution is 0.255. The van der Waals surface area contributed by atoms with Crippen LogP contribution in [0.25, 0.3) is 20.8 Å². The van der Waals surface area contributed by atoms with Crippen molar-refractivity contribution in [3.05, 3.63) is 59.3 Å². The summed E-state index contributed by atoms with van der Waals surface area (Å²) in [4.78, 5) is 21.2. The number of hydrogen-bond donors (Lipinski definition) is 1. The van der Waals surface area contributed by atoms with E-state index in [0.29, 0.717) is 29.3 Å². The Morgan fingerprint density at radius 3 is 2.53 bits per heavy atom. The van der Waals surface area contributed by atoms with Gasteiger partial charge in [-0.15, -0.1) is 11.3 Å². The number of piperidine rings is 1. The average molecular weight is 503 g/mol. The van der Waals surface area contributed by atoms with Crippen LogP contribution >= 0.6 is 11.3 Å². The van der Waals surface area contributed by atoms with Crippen molar-refractivity contribution in [3.63, 3.8) is 0 Å². The van der Waals surface area contributed by atoms with E-state index in [9.17, 15) is 0 Å². The first-order valence-electron chi connectivity index (χ1n) is 12.9. The van der Waals surface area contributed by atoms with E-state index in [1.807, 2.05) is 25.4 Å². The molecular weight excluding hydrogens is 471 g/mol. The van der Waals surface area contributed by atoms with Crippen LogP contribution in [0.3, 0.4) is 0 Å². The molecule has 0 unspecified atom stereocenters. The maximum absolute atomic E-state index is 15.0. The number of halogens is 1. The van der Waals surface area contributed by atoms with Crippen LogP contribution in [0.1, 0.15) is 67.1 Å². The number of pyridine rings is 2. The van der Waals surface area contributed by atoms with Crippen LogP contribution in [0.15, 0.2) is 36.8 Å². The van der Waals surface area contributed by atoms with Crippen molar-refractivity contribution in [3.8, 4) is 10.6 Å². The first-order chi connectivity index (χ1) is 17.6. The third-order valence-electron chi connectivity index (χ3n) is 7.81. The second-order valence-electron chi connectivity index (χ2n) is 10.2. The number of aromatic nitrogens is 4. The minimum Gasteiger partial charge on any atom is -0.309 e. The van der Waals surface area contributed by atoms with Crippen molar-refractivity contribution in [2.24, 2.45) is 0 Å². The molecule has 4 aromatic rings. The van der Waals surface area contributed by atoms with E-state index in [0.717, 1.165) is 46.6 Å². The molecule has 186 valence electrons. The summed E-state index contributed by atoms with van der Waals surface area (Å²) in [6, 6.07) is 6.23. The predicted molar refractivity (Wildman–Crippen MR) is 144 cm³/mol. The van der Waals surface area contributed by atoms with Gasteiger partial charge in [0.15, 0.2) is 5.82 Å². The molecule has 36 heavy (non-hydrogen) atoms. The molecule has 0 amide bonds. The summed E-state index contributed by atoms with van der Waals surface area (Å²) in [5, 5.41) is 3.17. The van der Waals surface area contributed by atoms with Gasteiger partial charge in [0.05, 0.1) is 21.3 Å². The Balaban J connectivity index is 1.27. The average Bonchev–Trinajstić information content (AvgIpc) is 3.55. The molecule has 8 heteroatoms. The molecule has 2 aliphatic rings. The van der Waals surface area contributed by atoms with Crippen molar-refractivity contribution >= 4 is 33.3 Å². The monoisotopic (exact) mass is 502 g/mol. The summed E-state index contributed by atoms with van der Waals surface area (Å²) in [6.45, 7) is 4.24. The Bertz CT molecular complexity index is 1370. The van der Waals surface area contributed by atoms with E-state index < -0.39 is 5.82 Å². The molecule has 0 radical (unpaired) electrons. The van der Waals surface area contributed by atoms with Crippen molar-refractivity contribution in [2.75, 3.05) is 25.5 Å². The van der Waals surface area contributed by atoms with Gasteiger partial charge in [0.2, 0.25) is 5.95 Å². The van der Waals surface area contributed by atoms with E-state index in [1.54, 1.807) is 11.3 Å². The normalized spacial score (nSPS) is 17.8. The van der Waals surface area contributed by atoms with Gasteiger partial charge in [-0.3, -0.25) is 4.98 Å². The second kappa shape index (κ2) is 9.82. The highest BCUT2D eigenvalue weighted by Gasteiger charge is 2.24. The van der Waals surface area contributed by atoms with Gasteiger partial charge in [0.25, 0.3) is 0 Å². The van der Waals surface area contributed by atoms with Gasteiger partial charge in [-0.2, -0.15) is 0 Å². The number of nitrogens with zero attached hydrogens (tertiary/aromatic N) is 5. The molecule has 0 aromatic carbocycles. The molecule has 1 saturated carbocycles. The fourth-order valence-corrected chi connectivity index (χ4v) is 7.02. The van der Waals surface area contributed by atoms with E-state index in [4.69, 9.17) is 0 Å². The van der Waals surface area contributed by atoms with E-state index in [2.05, 4.69) is 49.3 Å². The van der Waals surface area contributed by atoms with Crippen molar-refractivity contribution in [1.29, 1.82) is 0 Å². The lowest BCUT2D eigenvalue weighted by atomic mass is 9.91. The van der Waals surface area contributed by atoms with E-state index >= 15 is 4.39 Å². The number of anilines is 2. The van der Waals surface area contributed by atoms with Crippen molar-refractivity contribution in [1.82, 2.24) is 24.8 Å². The number of likely N-dealkylation sites (tertiary alicyclic amines) is 1. The highest BCUT2D eigenvalue weighted by Crippen LogP contribution is 2.44. The van der Waals surface area contributed by atoms with Gasteiger partial charge in [-0.25, -0.2) is 19.3 Å². The van der Waals surface area contributed by atoms with E-state index in [-0.39, 0.29) is 0 Å². The summed E-state index contributed by atoms with van der Waals surface area (Å²) < 4.78 is 16.2. The number of nitrogens with one attached hydrogen (secondary N) is 1. The van der Waals surface area contributed by atoms with Gasteiger partial charge in [-0.05, 0) is 93.4 Å². The molecule has 0 spiro atoms. The molecule has 1 N–H and O–H groups in total. The molecule has 1 saturated heterocycles. The zero-order valence-corrected chi connectivity index (χ0v) is 21.6. The lowest BCUT2D eigenvalue weighted by Gasteiger charge is -2.29.